The lowest BCUT2D eigenvalue weighted by molar-refractivity contribution is -0.149. The van der Waals surface area contributed by atoms with Gasteiger partial charge in [-0.2, -0.15) is 13.2 Å². The maximum Gasteiger partial charge on any atom is 0.416 e. The Hall–Kier alpha value is -1.64. The van der Waals surface area contributed by atoms with Crippen LogP contribution >= 0.6 is 0 Å². The summed E-state index contributed by atoms with van der Waals surface area (Å²) in [5.41, 5.74) is -2.29. The summed E-state index contributed by atoms with van der Waals surface area (Å²) in [6, 6.07) is 5.64. The van der Waals surface area contributed by atoms with E-state index in [1.165, 1.54) is 6.07 Å². The van der Waals surface area contributed by atoms with E-state index in [1.54, 1.807) is 6.07 Å². The Morgan fingerprint density at radius 3 is 2.54 bits per heavy atom. The van der Waals surface area contributed by atoms with E-state index >= 15 is 0 Å². The molecule has 1 aliphatic carbocycles. The molecule has 1 aromatic carbocycles. The predicted molar refractivity (Wildman–Crippen MR) is 128 cm³/mol. The summed E-state index contributed by atoms with van der Waals surface area (Å²) in [4.78, 5) is 15.7. The lowest BCUT2D eigenvalue weighted by Crippen LogP contribution is -2.52. The van der Waals surface area contributed by atoms with E-state index in [4.69, 9.17) is 4.74 Å². The second kappa shape index (κ2) is 10.0. The molecule has 1 aromatic rings. The van der Waals surface area contributed by atoms with Crippen molar-refractivity contribution in [3.63, 3.8) is 0 Å². The second-order valence-electron chi connectivity index (χ2n) is 11.3. The highest BCUT2D eigenvalue weighted by atomic mass is 19.4. The van der Waals surface area contributed by atoms with Crippen molar-refractivity contribution in [2.24, 2.45) is 17.3 Å². The first-order valence-corrected chi connectivity index (χ1v) is 13.0. The zero-order chi connectivity index (χ0) is 25.4. The minimum Gasteiger partial charge on any atom is -0.385 e. The van der Waals surface area contributed by atoms with Crippen LogP contribution in [0.25, 0.3) is 0 Å². The fourth-order valence-corrected chi connectivity index (χ4v) is 6.28. The Kier molecular flexibility index (Phi) is 7.56. The summed E-state index contributed by atoms with van der Waals surface area (Å²) in [7, 11) is 0. The second-order valence-corrected chi connectivity index (χ2v) is 11.3. The van der Waals surface area contributed by atoms with Crippen molar-refractivity contribution in [3.8, 4) is 0 Å². The van der Waals surface area contributed by atoms with E-state index in [0.717, 1.165) is 51.0 Å². The number of likely N-dealkylation sites (tertiary alicyclic amines) is 1. The largest absolute Gasteiger partial charge is 0.416 e. The number of carbonyl (C=O) groups excluding carboxylic acids is 1. The number of halogens is 3. The maximum absolute atomic E-state index is 13.8. The van der Waals surface area contributed by atoms with Crippen molar-refractivity contribution < 1.29 is 27.8 Å². The SMILES string of the molecule is CC1COCCC1NC1CC[C@@](C(=O)N2CCC(O)(c3cccc(C(F)(F)F)c3)CC2)(C(C)C)C1. The van der Waals surface area contributed by atoms with Gasteiger partial charge in [0.15, 0.2) is 0 Å². The monoisotopic (exact) mass is 496 g/mol. The molecule has 5 nitrogen and oxygen atoms in total. The molecule has 0 spiro atoms. The van der Waals surface area contributed by atoms with Crippen molar-refractivity contribution in [1.82, 2.24) is 10.2 Å². The Morgan fingerprint density at radius 2 is 1.91 bits per heavy atom. The molecule has 8 heteroatoms. The average molecular weight is 497 g/mol. The van der Waals surface area contributed by atoms with Crippen molar-refractivity contribution >= 4 is 5.91 Å². The average Bonchev–Trinajstić information content (AvgIpc) is 3.25. The summed E-state index contributed by atoms with van der Waals surface area (Å²) in [6.07, 6.45) is -0.432. The van der Waals surface area contributed by atoms with Gasteiger partial charge in [-0.05, 0) is 68.1 Å². The number of amides is 1. The van der Waals surface area contributed by atoms with Crippen molar-refractivity contribution in [3.05, 3.63) is 35.4 Å². The molecular weight excluding hydrogens is 457 g/mol. The summed E-state index contributed by atoms with van der Waals surface area (Å²) < 4.78 is 45.1. The van der Waals surface area contributed by atoms with Gasteiger partial charge < -0.3 is 20.1 Å². The van der Waals surface area contributed by atoms with E-state index in [9.17, 15) is 23.1 Å². The van der Waals surface area contributed by atoms with E-state index in [2.05, 4.69) is 26.1 Å². The van der Waals surface area contributed by atoms with Crippen molar-refractivity contribution in [2.45, 2.75) is 83.2 Å². The molecular formula is C27H39F3N2O3. The number of carbonyl (C=O) groups is 1. The number of nitrogens with zero attached hydrogens (tertiary/aromatic N) is 1. The molecule has 4 rings (SSSR count). The standard InChI is InChI=1S/C27H39F3N2O3/c1-18(2)25(9-7-22(16-25)31-23-8-14-35-17-19(23)3)24(33)32-12-10-26(34,11-13-32)20-5-4-6-21(15-20)27(28,29)30/h4-6,15,18-19,22-23,31,34H,7-14,16-17H2,1-3H3/t19?,22?,23?,25-/m0/s1. The van der Waals surface area contributed by atoms with Crippen LogP contribution in [-0.4, -0.2) is 54.3 Å². The molecule has 3 aliphatic rings. The van der Waals surface area contributed by atoms with Crippen LogP contribution in [0, 0.1) is 17.3 Å². The first-order chi connectivity index (χ1) is 16.4. The molecule has 0 radical (unpaired) electrons. The third kappa shape index (κ3) is 5.39. The highest BCUT2D eigenvalue weighted by Crippen LogP contribution is 2.47. The van der Waals surface area contributed by atoms with Crippen LogP contribution in [0.15, 0.2) is 24.3 Å². The third-order valence-electron chi connectivity index (χ3n) is 8.78. The first kappa shape index (κ1) is 26.4. The van der Waals surface area contributed by atoms with E-state index < -0.39 is 22.8 Å². The molecule has 196 valence electrons. The Labute approximate surface area is 206 Å². The highest BCUT2D eigenvalue weighted by Gasteiger charge is 2.51. The number of benzene rings is 1. The number of hydrogen-bond donors (Lipinski definition) is 2. The van der Waals surface area contributed by atoms with Crippen LogP contribution in [-0.2, 0) is 21.3 Å². The van der Waals surface area contributed by atoms with Crippen LogP contribution in [0.2, 0.25) is 0 Å². The zero-order valence-corrected chi connectivity index (χ0v) is 21.0. The first-order valence-electron chi connectivity index (χ1n) is 13.0. The fraction of sp³-hybridized carbons (Fsp3) is 0.741. The molecule has 35 heavy (non-hydrogen) atoms. The fourth-order valence-electron chi connectivity index (χ4n) is 6.28. The van der Waals surface area contributed by atoms with Gasteiger partial charge in [0.05, 0.1) is 23.2 Å². The van der Waals surface area contributed by atoms with Crippen LogP contribution in [0.4, 0.5) is 13.2 Å². The number of alkyl halides is 3. The maximum atomic E-state index is 13.8. The smallest absolute Gasteiger partial charge is 0.385 e. The molecule has 3 fully saturated rings. The summed E-state index contributed by atoms with van der Waals surface area (Å²) in [5.74, 6) is 0.755. The number of rotatable bonds is 5. The zero-order valence-electron chi connectivity index (χ0n) is 21.0. The van der Waals surface area contributed by atoms with Crippen LogP contribution in [0.3, 0.4) is 0 Å². The minimum atomic E-state index is -4.46. The van der Waals surface area contributed by atoms with Gasteiger partial charge in [-0.25, -0.2) is 0 Å². The van der Waals surface area contributed by atoms with E-state index in [-0.39, 0.29) is 30.2 Å². The van der Waals surface area contributed by atoms with Gasteiger partial charge in [0.2, 0.25) is 5.91 Å². The van der Waals surface area contributed by atoms with Gasteiger partial charge in [0, 0.05) is 31.8 Å². The summed E-state index contributed by atoms with van der Waals surface area (Å²) >= 11 is 0. The van der Waals surface area contributed by atoms with Crippen LogP contribution < -0.4 is 5.32 Å². The van der Waals surface area contributed by atoms with Gasteiger partial charge in [-0.15, -0.1) is 0 Å². The van der Waals surface area contributed by atoms with Crippen LogP contribution in [0.1, 0.15) is 70.4 Å². The molecule has 4 atom stereocenters. The van der Waals surface area contributed by atoms with Crippen molar-refractivity contribution in [2.75, 3.05) is 26.3 Å². The topological polar surface area (TPSA) is 61.8 Å². The van der Waals surface area contributed by atoms with E-state index in [1.807, 2.05) is 4.90 Å². The van der Waals surface area contributed by atoms with Crippen LogP contribution in [0.5, 0.6) is 0 Å². The highest BCUT2D eigenvalue weighted by molar-refractivity contribution is 5.83. The Balaban J connectivity index is 1.42. The lowest BCUT2D eigenvalue weighted by Gasteiger charge is -2.43. The Morgan fingerprint density at radius 1 is 1.20 bits per heavy atom. The van der Waals surface area contributed by atoms with Gasteiger partial charge in [-0.3, -0.25) is 4.79 Å². The predicted octanol–water partition coefficient (Wildman–Crippen LogP) is 4.72. The Bertz CT molecular complexity index is 898. The number of piperidine rings is 1. The lowest BCUT2D eigenvalue weighted by atomic mass is 9.73. The van der Waals surface area contributed by atoms with Gasteiger partial charge >= 0.3 is 6.18 Å². The van der Waals surface area contributed by atoms with Gasteiger partial charge in [-0.1, -0.05) is 32.9 Å². The third-order valence-corrected chi connectivity index (χ3v) is 8.78. The summed E-state index contributed by atoms with van der Waals surface area (Å²) in [5, 5.41) is 15.0. The normalized spacial score (nSPS) is 31.7. The van der Waals surface area contributed by atoms with Crippen molar-refractivity contribution in [1.29, 1.82) is 0 Å². The molecule has 1 saturated carbocycles. The molecule has 1 amide bonds. The van der Waals surface area contributed by atoms with Gasteiger partial charge in [0.25, 0.3) is 0 Å². The minimum absolute atomic E-state index is 0.128. The molecule has 0 bridgehead atoms. The number of hydrogen-bond acceptors (Lipinski definition) is 4. The quantitative estimate of drug-likeness (QED) is 0.619. The molecule has 2 aliphatic heterocycles. The molecule has 2 N–H and O–H groups in total. The number of ether oxygens (including phenoxy) is 1. The molecule has 3 unspecified atom stereocenters. The summed E-state index contributed by atoms with van der Waals surface area (Å²) in [6.45, 7) is 8.64. The molecule has 2 heterocycles. The number of nitrogens with one attached hydrogen (secondary N) is 1. The number of aliphatic hydroxyl groups is 1. The van der Waals surface area contributed by atoms with E-state index in [0.29, 0.717) is 31.1 Å². The molecule has 0 aromatic heterocycles. The molecule has 2 saturated heterocycles. The van der Waals surface area contributed by atoms with Gasteiger partial charge in [0.1, 0.15) is 0 Å².